The molecule has 2 aromatic carbocycles. The van der Waals surface area contributed by atoms with Crippen molar-refractivity contribution in [3.63, 3.8) is 0 Å². The number of epoxide rings is 1. The normalized spacial score (nSPS) is 20.9. The van der Waals surface area contributed by atoms with Crippen LogP contribution in [0, 0.1) is 11.8 Å². The molecule has 0 amide bonds. The molecule has 1 heteroatoms. The van der Waals surface area contributed by atoms with Gasteiger partial charge in [-0.2, -0.15) is 0 Å². The largest absolute Gasteiger partial charge is 0.365 e. The first kappa shape index (κ1) is 11.1. The summed E-state index contributed by atoms with van der Waals surface area (Å²) in [6, 6.07) is 18.3. The van der Waals surface area contributed by atoms with E-state index in [4.69, 9.17) is 4.74 Å². The standard InChI is InChI=1S/C17H14O/c1-13-17(18-13)16-10-6-5-9-15(16)12-11-14-7-3-2-4-8-14/h2-10,13,17H,1H3. The zero-order valence-electron chi connectivity index (χ0n) is 10.3. The van der Waals surface area contributed by atoms with Gasteiger partial charge in [0.25, 0.3) is 0 Å². The lowest BCUT2D eigenvalue weighted by Gasteiger charge is -1.99. The summed E-state index contributed by atoms with van der Waals surface area (Å²) in [5.41, 5.74) is 3.31. The molecule has 1 heterocycles. The molecule has 0 aliphatic carbocycles. The van der Waals surface area contributed by atoms with Gasteiger partial charge in [0.1, 0.15) is 6.10 Å². The third-order valence-corrected chi connectivity index (χ3v) is 3.09. The Bertz CT molecular complexity index is 604. The smallest absolute Gasteiger partial charge is 0.110 e. The van der Waals surface area contributed by atoms with Crippen molar-refractivity contribution < 1.29 is 4.74 Å². The first-order valence-corrected chi connectivity index (χ1v) is 6.16. The highest BCUT2D eigenvalue weighted by atomic mass is 16.6. The van der Waals surface area contributed by atoms with Crippen LogP contribution in [0.15, 0.2) is 54.6 Å². The molecular formula is C17H14O. The van der Waals surface area contributed by atoms with Crippen LogP contribution >= 0.6 is 0 Å². The summed E-state index contributed by atoms with van der Waals surface area (Å²) in [6.45, 7) is 2.09. The SMILES string of the molecule is CC1OC1c1ccccc1C#Cc1ccccc1. The molecule has 1 aliphatic rings. The molecule has 2 unspecified atom stereocenters. The molecule has 2 aromatic rings. The molecular weight excluding hydrogens is 220 g/mol. The van der Waals surface area contributed by atoms with E-state index in [9.17, 15) is 0 Å². The quantitative estimate of drug-likeness (QED) is 0.543. The van der Waals surface area contributed by atoms with Crippen LogP contribution in [0.1, 0.15) is 29.7 Å². The predicted molar refractivity (Wildman–Crippen MR) is 72.2 cm³/mol. The molecule has 0 radical (unpaired) electrons. The fraction of sp³-hybridized carbons (Fsp3) is 0.176. The average Bonchev–Trinajstić information content (AvgIpc) is 3.15. The topological polar surface area (TPSA) is 12.5 Å². The van der Waals surface area contributed by atoms with Gasteiger partial charge in [-0.15, -0.1) is 0 Å². The van der Waals surface area contributed by atoms with Crippen molar-refractivity contribution in [2.45, 2.75) is 19.1 Å². The van der Waals surface area contributed by atoms with E-state index in [-0.39, 0.29) is 6.10 Å². The van der Waals surface area contributed by atoms with Gasteiger partial charge in [0.2, 0.25) is 0 Å². The van der Waals surface area contributed by atoms with Crippen LogP contribution in [0.2, 0.25) is 0 Å². The van der Waals surface area contributed by atoms with E-state index in [1.165, 1.54) is 5.56 Å². The van der Waals surface area contributed by atoms with Crippen LogP contribution in [0.5, 0.6) is 0 Å². The number of ether oxygens (including phenoxy) is 1. The Balaban J connectivity index is 1.92. The third-order valence-electron chi connectivity index (χ3n) is 3.09. The molecule has 0 saturated carbocycles. The Morgan fingerprint density at radius 1 is 0.889 bits per heavy atom. The molecule has 1 saturated heterocycles. The van der Waals surface area contributed by atoms with E-state index in [1.807, 2.05) is 42.5 Å². The molecule has 0 N–H and O–H groups in total. The third kappa shape index (κ3) is 2.30. The van der Waals surface area contributed by atoms with Gasteiger partial charge in [-0.1, -0.05) is 48.2 Å². The van der Waals surface area contributed by atoms with Gasteiger partial charge >= 0.3 is 0 Å². The van der Waals surface area contributed by atoms with Crippen LogP contribution in [0.25, 0.3) is 0 Å². The minimum atomic E-state index is 0.228. The molecule has 1 aliphatic heterocycles. The second-order valence-electron chi connectivity index (χ2n) is 4.47. The van der Waals surface area contributed by atoms with Crippen LogP contribution in [0.4, 0.5) is 0 Å². The molecule has 1 fully saturated rings. The molecule has 1 nitrogen and oxygen atoms in total. The second kappa shape index (κ2) is 4.68. The highest BCUT2D eigenvalue weighted by molar-refractivity contribution is 5.48. The van der Waals surface area contributed by atoms with Gasteiger partial charge in [-0.25, -0.2) is 0 Å². The minimum Gasteiger partial charge on any atom is -0.365 e. The zero-order valence-corrected chi connectivity index (χ0v) is 10.3. The van der Waals surface area contributed by atoms with Crippen LogP contribution < -0.4 is 0 Å². The number of hydrogen-bond acceptors (Lipinski definition) is 1. The lowest BCUT2D eigenvalue weighted by Crippen LogP contribution is -1.89. The van der Waals surface area contributed by atoms with Gasteiger partial charge in [-0.05, 0) is 30.7 Å². The summed E-state index contributed by atoms with van der Waals surface area (Å²) < 4.78 is 5.53. The maximum Gasteiger partial charge on any atom is 0.110 e. The van der Waals surface area contributed by atoms with E-state index in [0.717, 1.165) is 11.1 Å². The maximum atomic E-state index is 5.53. The lowest BCUT2D eigenvalue weighted by molar-refractivity contribution is 0.383. The maximum absolute atomic E-state index is 5.53. The Labute approximate surface area is 107 Å². The second-order valence-corrected chi connectivity index (χ2v) is 4.47. The van der Waals surface area contributed by atoms with Crippen molar-refractivity contribution in [3.05, 3.63) is 71.3 Å². The van der Waals surface area contributed by atoms with Gasteiger partial charge in [0.05, 0.1) is 6.10 Å². The molecule has 88 valence electrons. The van der Waals surface area contributed by atoms with Gasteiger partial charge < -0.3 is 4.74 Å². The summed E-state index contributed by atoms with van der Waals surface area (Å²) in [7, 11) is 0. The molecule has 18 heavy (non-hydrogen) atoms. The molecule has 0 bridgehead atoms. The number of rotatable bonds is 1. The van der Waals surface area contributed by atoms with Crippen molar-refractivity contribution in [1.82, 2.24) is 0 Å². The van der Waals surface area contributed by atoms with Gasteiger partial charge in [0, 0.05) is 11.1 Å². The minimum absolute atomic E-state index is 0.228. The van der Waals surface area contributed by atoms with Crippen LogP contribution in [-0.4, -0.2) is 6.10 Å². The predicted octanol–water partition coefficient (Wildman–Crippen LogP) is 3.55. The fourth-order valence-corrected chi connectivity index (χ4v) is 2.03. The van der Waals surface area contributed by atoms with E-state index >= 15 is 0 Å². The molecule has 3 rings (SSSR count). The Kier molecular flexibility index (Phi) is 2.88. The van der Waals surface area contributed by atoms with Crippen molar-refractivity contribution in [3.8, 4) is 11.8 Å². The lowest BCUT2D eigenvalue weighted by atomic mass is 10.0. The average molecular weight is 234 g/mol. The fourth-order valence-electron chi connectivity index (χ4n) is 2.03. The summed E-state index contributed by atoms with van der Waals surface area (Å²) >= 11 is 0. The van der Waals surface area contributed by atoms with Crippen LogP contribution in [-0.2, 0) is 4.74 Å². The molecule has 0 spiro atoms. The summed E-state index contributed by atoms with van der Waals surface area (Å²) in [4.78, 5) is 0. The van der Waals surface area contributed by atoms with Crippen molar-refractivity contribution in [2.75, 3.05) is 0 Å². The van der Waals surface area contributed by atoms with E-state index in [1.54, 1.807) is 0 Å². The van der Waals surface area contributed by atoms with Crippen molar-refractivity contribution >= 4 is 0 Å². The van der Waals surface area contributed by atoms with E-state index in [2.05, 4.69) is 30.9 Å². The monoisotopic (exact) mass is 234 g/mol. The highest BCUT2D eigenvalue weighted by Crippen LogP contribution is 2.39. The van der Waals surface area contributed by atoms with Crippen LogP contribution in [0.3, 0.4) is 0 Å². The molecule has 2 atom stereocenters. The Hall–Kier alpha value is -2.04. The van der Waals surface area contributed by atoms with E-state index in [0.29, 0.717) is 6.10 Å². The Morgan fingerprint density at radius 3 is 2.28 bits per heavy atom. The summed E-state index contributed by atoms with van der Waals surface area (Å²) in [5.74, 6) is 6.43. The first-order chi connectivity index (χ1) is 8.84. The van der Waals surface area contributed by atoms with Crippen molar-refractivity contribution in [1.29, 1.82) is 0 Å². The van der Waals surface area contributed by atoms with Gasteiger partial charge in [-0.3, -0.25) is 0 Å². The number of benzene rings is 2. The van der Waals surface area contributed by atoms with Crippen molar-refractivity contribution in [2.24, 2.45) is 0 Å². The zero-order chi connectivity index (χ0) is 12.4. The van der Waals surface area contributed by atoms with Gasteiger partial charge in [0.15, 0.2) is 0 Å². The summed E-state index contributed by atoms with van der Waals surface area (Å²) in [6.07, 6.45) is 0.552. The Morgan fingerprint density at radius 2 is 1.56 bits per heavy atom. The molecule has 0 aromatic heterocycles. The summed E-state index contributed by atoms with van der Waals surface area (Å²) in [5, 5.41) is 0. The first-order valence-electron chi connectivity index (χ1n) is 6.16. The van der Waals surface area contributed by atoms with E-state index < -0.39 is 0 Å². The highest BCUT2D eigenvalue weighted by Gasteiger charge is 2.36. The number of hydrogen-bond donors (Lipinski definition) is 0.